The van der Waals surface area contributed by atoms with Crippen LogP contribution in [-0.4, -0.2) is 73.3 Å². The van der Waals surface area contributed by atoms with E-state index >= 15 is 0 Å². The van der Waals surface area contributed by atoms with Crippen molar-refractivity contribution >= 4 is 17.8 Å². The maximum atomic E-state index is 13.5. The van der Waals surface area contributed by atoms with Gasteiger partial charge in [0, 0.05) is 27.2 Å². The largest absolute Gasteiger partial charge is 0.458 e. The molecule has 2 rings (SSSR count). The highest BCUT2D eigenvalue weighted by atomic mass is 16.6. The molecule has 0 bridgehead atoms. The summed E-state index contributed by atoms with van der Waals surface area (Å²) in [6, 6.07) is 8.46. The lowest BCUT2D eigenvalue weighted by molar-refractivity contribution is -0.159. The highest BCUT2D eigenvalue weighted by molar-refractivity contribution is 5.86. The number of carbonyl (C=O) groups is 3. The summed E-state index contributed by atoms with van der Waals surface area (Å²) >= 11 is 0. The summed E-state index contributed by atoms with van der Waals surface area (Å²) in [6.45, 7) is 14.3. The number of nitrogens with one attached hydrogen (secondary N) is 1. The van der Waals surface area contributed by atoms with E-state index < -0.39 is 29.6 Å². The average Bonchev–Trinajstić information content (AvgIpc) is 3.40. The van der Waals surface area contributed by atoms with E-state index in [-0.39, 0.29) is 29.9 Å². The zero-order valence-corrected chi connectivity index (χ0v) is 26.1. The fraction of sp³-hybridized carbons (Fsp3) is 0.719. The molecule has 1 aromatic rings. The van der Waals surface area contributed by atoms with Crippen LogP contribution in [0.15, 0.2) is 30.3 Å². The molecule has 1 unspecified atom stereocenters. The second kappa shape index (κ2) is 15.5. The molecule has 1 heterocycles. The smallest absolute Gasteiger partial charge is 0.329 e. The van der Waals surface area contributed by atoms with Crippen LogP contribution in [0.2, 0.25) is 0 Å². The standard InChI is InChI=1S/C32H52N2O6/c1-10-21(2)22(3)27(38-8)20-28(35)34-18-14-17-26(34)29(39-9)23(4)30(36)33-25(31(37)40-32(5,6)7)19-24-15-12-11-13-16-24/h11-13,15-16,21-23,25-27,29H,10,14,17-20H2,1-9H3,(H,33,36)/t21-,22-,23+,25-,26-,27+,29?/m0/s1. The Hall–Kier alpha value is -2.45. The van der Waals surface area contributed by atoms with E-state index in [2.05, 4.69) is 26.1 Å². The minimum atomic E-state index is -0.847. The van der Waals surface area contributed by atoms with Crippen molar-refractivity contribution in [1.82, 2.24) is 10.2 Å². The lowest BCUT2D eigenvalue weighted by Crippen LogP contribution is -2.53. The number of rotatable bonds is 14. The number of likely N-dealkylation sites (tertiary alicyclic amines) is 1. The normalized spacial score (nSPS) is 20.2. The van der Waals surface area contributed by atoms with Crippen molar-refractivity contribution in [1.29, 1.82) is 0 Å². The number of amides is 2. The Morgan fingerprint density at radius 1 is 1.05 bits per heavy atom. The summed E-state index contributed by atoms with van der Waals surface area (Å²) in [7, 11) is 3.24. The summed E-state index contributed by atoms with van der Waals surface area (Å²) in [5.41, 5.74) is 0.232. The van der Waals surface area contributed by atoms with Crippen molar-refractivity contribution in [2.75, 3.05) is 20.8 Å². The molecular weight excluding hydrogens is 508 g/mol. The molecule has 0 aromatic heterocycles. The van der Waals surface area contributed by atoms with Gasteiger partial charge in [0.05, 0.1) is 30.6 Å². The number of benzene rings is 1. The highest BCUT2D eigenvalue weighted by Gasteiger charge is 2.41. The van der Waals surface area contributed by atoms with E-state index in [0.29, 0.717) is 25.3 Å². The number of esters is 1. The molecule has 2 amide bonds. The fourth-order valence-electron chi connectivity index (χ4n) is 5.52. The van der Waals surface area contributed by atoms with Crippen molar-refractivity contribution in [3.63, 3.8) is 0 Å². The number of methoxy groups -OCH3 is 2. The molecule has 1 saturated heterocycles. The molecule has 1 fully saturated rings. The van der Waals surface area contributed by atoms with Gasteiger partial charge in [-0.1, -0.05) is 64.4 Å². The predicted octanol–water partition coefficient (Wildman–Crippen LogP) is 4.79. The SMILES string of the molecule is CC[C@H](C)[C@H](C)[C@@H](CC(=O)N1CCC[C@H]1C(OC)[C@@H](C)C(=O)N[C@@H](Cc1ccccc1)C(=O)OC(C)(C)C)OC. The molecule has 8 heteroatoms. The summed E-state index contributed by atoms with van der Waals surface area (Å²) < 4.78 is 17.2. The lowest BCUT2D eigenvalue weighted by atomic mass is 9.87. The van der Waals surface area contributed by atoms with Gasteiger partial charge in [-0.25, -0.2) is 4.79 Å². The van der Waals surface area contributed by atoms with Crippen LogP contribution >= 0.6 is 0 Å². The van der Waals surface area contributed by atoms with Crippen LogP contribution in [-0.2, 0) is 35.0 Å². The molecule has 0 saturated carbocycles. The first kappa shape index (κ1) is 33.8. The summed E-state index contributed by atoms with van der Waals surface area (Å²) in [4.78, 5) is 42.0. The number of nitrogens with zero attached hydrogens (tertiary/aromatic N) is 1. The Kier molecular flexibility index (Phi) is 13.1. The third kappa shape index (κ3) is 9.58. The van der Waals surface area contributed by atoms with Crippen LogP contribution in [0.1, 0.15) is 79.7 Å². The van der Waals surface area contributed by atoms with Gasteiger partial charge in [-0.05, 0) is 51.0 Å². The predicted molar refractivity (Wildman–Crippen MR) is 157 cm³/mol. The van der Waals surface area contributed by atoms with Crippen LogP contribution in [0.3, 0.4) is 0 Å². The van der Waals surface area contributed by atoms with E-state index in [0.717, 1.165) is 24.8 Å². The molecule has 0 spiro atoms. The zero-order chi connectivity index (χ0) is 30.0. The van der Waals surface area contributed by atoms with Gasteiger partial charge in [-0.15, -0.1) is 0 Å². The summed E-state index contributed by atoms with van der Waals surface area (Å²) in [6.07, 6.45) is 2.54. The maximum absolute atomic E-state index is 13.5. The lowest BCUT2D eigenvalue weighted by Gasteiger charge is -2.35. The number of carbonyl (C=O) groups excluding carboxylic acids is 3. The van der Waals surface area contributed by atoms with Crippen LogP contribution in [0.25, 0.3) is 0 Å². The second-order valence-corrected chi connectivity index (χ2v) is 12.3. The zero-order valence-electron chi connectivity index (χ0n) is 26.1. The van der Waals surface area contributed by atoms with E-state index in [1.54, 1.807) is 41.9 Å². The monoisotopic (exact) mass is 560 g/mol. The van der Waals surface area contributed by atoms with Gasteiger partial charge in [0.2, 0.25) is 11.8 Å². The summed E-state index contributed by atoms with van der Waals surface area (Å²) in [5, 5.41) is 2.93. The molecule has 1 aliphatic rings. The molecule has 7 atom stereocenters. The van der Waals surface area contributed by atoms with Crippen molar-refractivity contribution < 1.29 is 28.6 Å². The van der Waals surface area contributed by atoms with Crippen LogP contribution in [0, 0.1) is 17.8 Å². The van der Waals surface area contributed by atoms with Gasteiger partial charge in [-0.3, -0.25) is 9.59 Å². The molecular formula is C32H52N2O6. The van der Waals surface area contributed by atoms with Crippen LogP contribution < -0.4 is 5.32 Å². The van der Waals surface area contributed by atoms with Crippen molar-refractivity contribution in [2.45, 2.75) is 110 Å². The van der Waals surface area contributed by atoms with Gasteiger partial charge >= 0.3 is 5.97 Å². The number of hydrogen-bond acceptors (Lipinski definition) is 6. The molecule has 226 valence electrons. The van der Waals surface area contributed by atoms with Gasteiger partial charge in [0.15, 0.2) is 0 Å². The third-order valence-electron chi connectivity index (χ3n) is 8.27. The minimum Gasteiger partial charge on any atom is -0.458 e. The third-order valence-corrected chi connectivity index (χ3v) is 8.27. The van der Waals surface area contributed by atoms with Crippen LogP contribution in [0.5, 0.6) is 0 Å². The molecule has 0 aliphatic carbocycles. The highest BCUT2D eigenvalue weighted by Crippen LogP contribution is 2.29. The number of hydrogen-bond donors (Lipinski definition) is 1. The molecule has 40 heavy (non-hydrogen) atoms. The maximum Gasteiger partial charge on any atom is 0.329 e. The second-order valence-electron chi connectivity index (χ2n) is 12.3. The minimum absolute atomic E-state index is 0.0230. The Bertz CT molecular complexity index is 946. The van der Waals surface area contributed by atoms with Gasteiger partial charge in [-0.2, -0.15) is 0 Å². The molecule has 1 aliphatic heterocycles. The molecule has 0 radical (unpaired) electrons. The Labute approximate surface area is 241 Å². The Morgan fingerprint density at radius 2 is 1.70 bits per heavy atom. The average molecular weight is 561 g/mol. The van der Waals surface area contributed by atoms with E-state index in [9.17, 15) is 14.4 Å². The first-order valence-electron chi connectivity index (χ1n) is 14.7. The molecule has 1 aromatic carbocycles. The quantitative estimate of drug-likeness (QED) is 0.329. The van der Waals surface area contributed by atoms with Gasteiger partial charge in [0.1, 0.15) is 11.6 Å². The number of ether oxygens (including phenoxy) is 3. The van der Waals surface area contributed by atoms with Crippen molar-refractivity contribution in [3.8, 4) is 0 Å². The van der Waals surface area contributed by atoms with E-state index in [1.807, 2.05) is 35.2 Å². The summed E-state index contributed by atoms with van der Waals surface area (Å²) in [5.74, 6) is -0.674. The first-order chi connectivity index (χ1) is 18.8. The van der Waals surface area contributed by atoms with Gasteiger partial charge < -0.3 is 24.4 Å². The van der Waals surface area contributed by atoms with Crippen LogP contribution in [0.4, 0.5) is 0 Å². The Balaban J connectivity index is 2.17. The molecule has 1 N–H and O–H groups in total. The van der Waals surface area contributed by atoms with Crippen molar-refractivity contribution in [2.24, 2.45) is 17.8 Å². The van der Waals surface area contributed by atoms with E-state index in [4.69, 9.17) is 14.2 Å². The van der Waals surface area contributed by atoms with Crippen molar-refractivity contribution in [3.05, 3.63) is 35.9 Å². The molecule has 8 nitrogen and oxygen atoms in total. The van der Waals surface area contributed by atoms with E-state index in [1.165, 1.54) is 0 Å². The fourth-order valence-corrected chi connectivity index (χ4v) is 5.52. The first-order valence-corrected chi connectivity index (χ1v) is 14.7. The Morgan fingerprint density at radius 3 is 2.25 bits per heavy atom. The topological polar surface area (TPSA) is 94.2 Å². The van der Waals surface area contributed by atoms with Gasteiger partial charge in [0.25, 0.3) is 0 Å².